The van der Waals surface area contributed by atoms with Crippen LogP contribution in [0.15, 0.2) is 41.0 Å². The third kappa shape index (κ3) is 3.02. The van der Waals surface area contributed by atoms with E-state index < -0.39 is 0 Å². The lowest BCUT2D eigenvalue weighted by molar-refractivity contribution is 0.102. The third-order valence-corrected chi connectivity index (χ3v) is 3.69. The molecule has 1 N–H and O–H groups in total. The summed E-state index contributed by atoms with van der Waals surface area (Å²) >= 11 is 15.0. The third-order valence-electron chi connectivity index (χ3n) is 2.17. The molecule has 0 fully saturated rings. The average molecular weight is 346 g/mol. The smallest absolute Gasteiger partial charge is 0.258 e. The summed E-state index contributed by atoms with van der Waals surface area (Å²) in [5.74, 6) is 0.0940. The normalized spacial score (nSPS) is 10.2. The molecule has 0 aliphatic heterocycles. The first-order valence-corrected chi connectivity index (χ1v) is 6.50. The number of rotatable bonds is 2. The van der Waals surface area contributed by atoms with Gasteiger partial charge in [-0.25, -0.2) is 4.98 Å². The number of benzene rings is 1. The van der Waals surface area contributed by atoms with Crippen molar-refractivity contribution in [1.29, 1.82) is 0 Å². The lowest BCUT2D eigenvalue weighted by Gasteiger charge is -2.06. The minimum Gasteiger partial charge on any atom is -0.307 e. The highest BCUT2D eigenvalue weighted by atomic mass is 79.9. The van der Waals surface area contributed by atoms with Gasteiger partial charge in [0.1, 0.15) is 5.82 Å². The number of hydrogen-bond donors (Lipinski definition) is 1. The van der Waals surface area contributed by atoms with Gasteiger partial charge in [0.2, 0.25) is 0 Å². The molecule has 1 heterocycles. The molecule has 0 aliphatic rings. The van der Waals surface area contributed by atoms with Crippen molar-refractivity contribution < 1.29 is 4.79 Å². The number of carbonyl (C=O) groups excluding carboxylic acids is 1. The molecule has 2 aromatic rings. The van der Waals surface area contributed by atoms with E-state index in [9.17, 15) is 4.79 Å². The highest BCUT2D eigenvalue weighted by Gasteiger charge is 2.12. The molecule has 1 aromatic carbocycles. The maximum absolute atomic E-state index is 12.0. The number of carbonyl (C=O) groups is 1. The van der Waals surface area contributed by atoms with Gasteiger partial charge in [0.15, 0.2) is 0 Å². The fourth-order valence-corrected chi connectivity index (χ4v) is 2.00. The van der Waals surface area contributed by atoms with Crippen LogP contribution in [0, 0.1) is 0 Å². The Balaban J connectivity index is 2.22. The molecule has 0 unspecified atom stereocenters. The molecule has 2 rings (SSSR count). The van der Waals surface area contributed by atoms with Gasteiger partial charge in [-0.15, -0.1) is 0 Å². The Morgan fingerprint density at radius 1 is 1.22 bits per heavy atom. The molecule has 18 heavy (non-hydrogen) atoms. The number of anilines is 1. The zero-order valence-electron chi connectivity index (χ0n) is 8.95. The van der Waals surface area contributed by atoms with Crippen LogP contribution in [0.25, 0.3) is 0 Å². The lowest BCUT2D eigenvalue weighted by atomic mass is 10.2. The molecule has 0 bridgehead atoms. The molecule has 1 amide bonds. The largest absolute Gasteiger partial charge is 0.307 e. The molecule has 3 nitrogen and oxygen atoms in total. The highest BCUT2D eigenvalue weighted by molar-refractivity contribution is 9.10. The van der Waals surface area contributed by atoms with Crippen LogP contribution in [0.4, 0.5) is 5.82 Å². The fourth-order valence-electron chi connectivity index (χ4n) is 1.31. The Kier molecular flexibility index (Phi) is 4.22. The van der Waals surface area contributed by atoms with Gasteiger partial charge < -0.3 is 5.32 Å². The molecule has 0 saturated carbocycles. The van der Waals surface area contributed by atoms with Crippen LogP contribution < -0.4 is 5.32 Å². The molecular formula is C12H7BrCl2N2O. The lowest BCUT2D eigenvalue weighted by Crippen LogP contribution is -2.13. The molecule has 0 saturated heterocycles. The van der Waals surface area contributed by atoms with E-state index in [1.54, 1.807) is 30.3 Å². The summed E-state index contributed by atoms with van der Waals surface area (Å²) in [6.45, 7) is 0. The van der Waals surface area contributed by atoms with Crippen molar-refractivity contribution in [3.63, 3.8) is 0 Å². The van der Waals surface area contributed by atoms with Crippen molar-refractivity contribution in [2.75, 3.05) is 5.32 Å². The predicted molar refractivity (Wildman–Crippen MR) is 76.4 cm³/mol. The molecule has 1 aromatic heterocycles. The van der Waals surface area contributed by atoms with E-state index in [-0.39, 0.29) is 5.91 Å². The molecule has 0 radical (unpaired) electrons. The van der Waals surface area contributed by atoms with E-state index in [1.807, 2.05) is 0 Å². The van der Waals surface area contributed by atoms with Crippen molar-refractivity contribution in [3.8, 4) is 0 Å². The monoisotopic (exact) mass is 344 g/mol. The highest BCUT2D eigenvalue weighted by Crippen LogP contribution is 2.26. The Bertz CT molecular complexity index is 587. The van der Waals surface area contributed by atoms with Gasteiger partial charge in [-0.2, -0.15) is 0 Å². The predicted octanol–water partition coefficient (Wildman–Crippen LogP) is 4.40. The maximum atomic E-state index is 12.0. The van der Waals surface area contributed by atoms with Gasteiger partial charge in [-0.05, 0) is 40.2 Å². The number of amides is 1. The summed E-state index contributed by atoms with van der Waals surface area (Å²) in [5, 5.41) is 3.51. The summed E-state index contributed by atoms with van der Waals surface area (Å²) in [6.07, 6.45) is 1.46. The van der Waals surface area contributed by atoms with E-state index in [1.165, 1.54) is 6.20 Å². The van der Waals surface area contributed by atoms with Crippen LogP contribution in [0.5, 0.6) is 0 Å². The van der Waals surface area contributed by atoms with Crippen molar-refractivity contribution in [2.24, 2.45) is 0 Å². The van der Waals surface area contributed by atoms with Crippen molar-refractivity contribution in [1.82, 2.24) is 4.98 Å². The maximum Gasteiger partial charge on any atom is 0.258 e. The average Bonchev–Trinajstić information content (AvgIpc) is 2.35. The summed E-state index contributed by atoms with van der Waals surface area (Å²) in [6, 6.07) is 8.40. The van der Waals surface area contributed by atoms with Crippen LogP contribution in [0.3, 0.4) is 0 Å². The Labute approximate surface area is 122 Å². The number of halogens is 3. The van der Waals surface area contributed by atoms with Gasteiger partial charge in [0, 0.05) is 10.7 Å². The topological polar surface area (TPSA) is 42.0 Å². The minimum atomic E-state index is -0.323. The summed E-state index contributed by atoms with van der Waals surface area (Å²) in [4.78, 5) is 16.0. The zero-order chi connectivity index (χ0) is 13.1. The van der Waals surface area contributed by atoms with Gasteiger partial charge in [0.05, 0.1) is 15.6 Å². The molecule has 92 valence electrons. The molecule has 0 aliphatic carbocycles. The van der Waals surface area contributed by atoms with E-state index in [0.29, 0.717) is 25.9 Å². The quantitative estimate of drug-likeness (QED) is 0.876. The number of pyridine rings is 1. The van der Waals surface area contributed by atoms with Crippen LogP contribution in [-0.4, -0.2) is 10.9 Å². The van der Waals surface area contributed by atoms with Gasteiger partial charge in [-0.3, -0.25) is 4.79 Å². The van der Waals surface area contributed by atoms with Crippen LogP contribution in [-0.2, 0) is 0 Å². The number of nitrogens with zero attached hydrogens (tertiary/aromatic N) is 1. The van der Waals surface area contributed by atoms with E-state index in [2.05, 4.69) is 26.2 Å². The second-order valence-electron chi connectivity index (χ2n) is 3.42. The summed E-state index contributed by atoms with van der Waals surface area (Å²) in [7, 11) is 0. The summed E-state index contributed by atoms with van der Waals surface area (Å²) < 4.78 is 0.667. The first kappa shape index (κ1) is 13.3. The molecular weight excluding hydrogens is 339 g/mol. The van der Waals surface area contributed by atoms with Crippen LogP contribution in [0.2, 0.25) is 10.0 Å². The summed E-state index contributed by atoms with van der Waals surface area (Å²) in [5.41, 5.74) is 0.378. The molecule has 0 spiro atoms. The number of nitrogens with one attached hydrogen (secondary N) is 1. The van der Waals surface area contributed by atoms with E-state index >= 15 is 0 Å². The van der Waals surface area contributed by atoms with Crippen LogP contribution >= 0.6 is 39.1 Å². The first-order chi connectivity index (χ1) is 8.58. The minimum absolute atomic E-state index is 0.323. The van der Waals surface area contributed by atoms with E-state index in [0.717, 1.165) is 0 Å². The molecule has 6 heteroatoms. The number of hydrogen-bond acceptors (Lipinski definition) is 2. The first-order valence-electron chi connectivity index (χ1n) is 4.95. The van der Waals surface area contributed by atoms with Crippen molar-refractivity contribution in [3.05, 3.63) is 56.6 Å². The zero-order valence-corrected chi connectivity index (χ0v) is 12.1. The standard InChI is InChI=1S/C12H7BrCl2N2O/c13-9-3-1-2-8(11(9)15)12(18)17-10-5-4-7(14)6-16-10/h1-6H,(H,16,17,18). The fraction of sp³-hybridized carbons (Fsp3) is 0. The van der Waals surface area contributed by atoms with Crippen LogP contribution in [0.1, 0.15) is 10.4 Å². The number of aromatic nitrogens is 1. The van der Waals surface area contributed by atoms with E-state index in [4.69, 9.17) is 23.2 Å². The second-order valence-corrected chi connectivity index (χ2v) is 5.09. The van der Waals surface area contributed by atoms with Gasteiger partial charge >= 0.3 is 0 Å². The SMILES string of the molecule is O=C(Nc1ccc(Cl)cn1)c1cccc(Br)c1Cl. The Hall–Kier alpha value is -1.10. The Morgan fingerprint density at radius 2 is 2.00 bits per heavy atom. The van der Waals surface area contributed by atoms with Gasteiger partial charge in [0.25, 0.3) is 5.91 Å². The Morgan fingerprint density at radius 3 is 2.67 bits per heavy atom. The van der Waals surface area contributed by atoms with Crippen molar-refractivity contribution >= 4 is 50.9 Å². The molecule has 0 atom stereocenters. The second kappa shape index (κ2) is 5.69. The van der Waals surface area contributed by atoms with Crippen molar-refractivity contribution in [2.45, 2.75) is 0 Å². The van der Waals surface area contributed by atoms with Gasteiger partial charge in [-0.1, -0.05) is 29.3 Å².